The molecule has 0 radical (unpaired) electrons. The molecule has 0 spiro atoms. The van der Waals surface area contributed by atoms with E-state index in [-0.39, 0.29) is 17.9 Å². The number of amides is 2. The summed E-state index contributed by atoms with van der Waals surface area (Å²) in [4.78, 5) is 27.8. The molecule has 106 valence electrons. The van der Waals surface area contributed by atoms with Gasteiger partial charge in [0, 0.05) is 37.8 Å². The van der Waals surface area contributed by atoms with Crippen LogP contribution >= 0.6 is 11.6 Å². The predicted octanol–water partition coefficient (Wildman–Crippen LogP) is 1.37. The summed E-state index contributed by atoms with van der Waals surface area (Å²) < 4.78 is 0. The van der Waals surface area contributed by atoms with Crippen LogP contribution in [0.4, 0.5) is 5.69 Å². The van der Waals surface area contributed by atoms with Gasteiger partial charge in [-0.25, -0.2) is 0 Å². The predicted molar refractivity (Wildman–Crippen MR) is 76.5 cm³/mol. The molecular weight excluding hydrogens is 278 g/mol. The van der Waals surface area contributed by atoms with Crippen LogP contribution in [0.5, 0.6) is 0 Å². The fraction of sp³-hybridized carbons (Fsp3) is 0.429. The van der Waals surface area contributed by atoms with Crippen LogP contribution in [0.25, 0.3) is 0 Å². The molecule has 2 aliphatic rings. The SMILES string of the molecule is Nc1cccc(Cl)c1C(=O)N1CCN2C(=O)CCC2C1. The van der Waals surface area contributed by atoms with Crippen LogP contribution in [-0.4, -0.2) is 47.3 Å². The van der Waals surface area contributed by atoms with Crippen LogP contribution < -0.4 is 5.73 Å². The molecule has 20 heavy (non-hydrogen) atoms. The van der Waals surface area contributed by atoms with E-state index < -0.39 is 0 Å². The molecule has 0 saturated carbocycles. The lowest BCUT2D eigenvalue weighted by Gasteiger charge is -2.37. The van der Waals surface area contributed by atoms with Crippen molar-refractivity contribution in [2.45, 2.75) is 18.9 Å². The summed E-state index contributed by atoms with van der Waals surface area (Å²) in [7, 11) is 0. The van der Waals surface area contributed by atoms with Gasteiger partial charge in [-0.05, 0) is 18.6 Å². The summed E-state index contributed by atoms with van der Waals surface area (Å²) in [5.41, 5.74) is 6.62. The second-order valence-corrected chi connectivity index (χ2v) is 5.64. The van der Waals surface area contributed by atoms with Gasteiger partial charge in [-0.2, -0.15) is 0 Å². The molecule has 0 aromatic heterocycles. The van der Waals surface area contributed by atoms with Gasteiger partial charge < -0.3 is 15.5 Å². The third-order valence-corrected chi connectivity index (χ3v) is 4.36. The molecule has 0 bridgehead atoms. The van der Waals surface area contributed by atoms with Gasteiger partial charge in [-0.1, -0.05) is 17.7 Å². The topological polar surface area (TPSA) is 66.6 Å². The quantitative estimate of drug-likeness (QED) is 0.795. The van der Waals surface area contributed by atoms with Crippen molar-refractivity contribution in [3.05, 3.63) is 28.8 Å². The molecule has 2 N–H and O–H groups in total. The fourth-order valence-electron chi connectivity index (χ4n) is 2.97. The molecule has 2 fully saturated rings. The third-order valence-electron chi connectivity index (χ3n) is 4.04. The zero-order valence-corrected chi connectivity index (χ0v) is 11.8. The first-order chi connectivity index (χ1) is 9.58. The average Bonchev–Trinajstić information content (AvgIpc) is 2.79. The molecule has 2 heterocycles. The minimum atomic E-state index is -0.146. The number of hydrogen-bond donors (Lipinski definition) is 1. The van der Waals surface area contributed by atoms with E-state index in [0.29, 0.717) is 42.3 Å². The van der Waals surface area contributed by atoms with E-state index >= 15 is 0 Å². The number of nitrogens with zero attached hydrogens (tertiary/aromatic N) is 2. The Hall–Kier alpha value is -1.75. The molecule has 3 rings (SSSR count). The van der Waals surface area contributed by atoms with Gasteiger partial charge in [0.25, 0.3) is 5.91 Å². The lowest BCUT2D eigenvalue weighted by atomic mass is 10.1. The Morgan fingerprint density at radius 3 is 2.90 bits per heavy atom. The van der Waals surface area contributed by atoms with E-state index in [1.54, 1.807) is 23.1 Å². The Balaban J connectivity index is 1.80. The number of carbonyl (C=O) groups is 2. The monoisotopic (exact) mass is 293 g/mol. The van der Waals surface area contributed by atoms with Crippen molar-refractivity contribution in [3.63, 3.8) is 0 Å². The number of nitrogens with two attached hydrogens (primary N) is 1. The largest absolute Gasteiger partial charge is 0.398 e. The minimum Gasteiger partial charge on any atom is -0.398 e. The van der Waals surface area contributed by atoms with Gasteiger partial charge in [0.05, 0.1) is 10.6 Å². The number of benzene rings is 1. The number of rotatable bonds is 1. The summed E-state index contributed by atoms with van der Waals surface area (Å²) in [6.45, 7) is 1.70. The van der Waals surface area contributed by atoms with E-state index in [4.69, 9.17) is 17.3 Å². The molecule has 1 atom stereocenters. The second-order valence-electron chi connectivity index (χ2n) is 5.23. The Morgan fingerprint density at radius 1 is 1.35 bits per heavy atom. The highest BCUT2D eigenvalue weighted by Gasteiger charge is 2.37. The smallest absolute Gasteiger partial charge is 0.257 e. The van der Waals surface area contributed by atoms with Crippen molar-refractivity contribution in [2.75, 3.05) is 25.4 Å². The number of hydrogen-bond acceptors (Lipinski definition) is 3. The van der Waals surface area contributed by atoms with E-state index in [9.17, 15) is 9.59 Å². The van der Waals surface area contributed by atoms with E-state index in [2.05, 4.69) is 0 Å². The molecule has 2 saturated heterocycles. The molecule has 1 aromatic rings. The normalized spacial score (nSPS) is 22.1. The van der Waals surface area contributed by atoms with Crippen molar-refractivity contribution in [3.8, 4) is 0 Å². The number of piperazine rings is 1. The van der Waals surface area contributed by atoms with Crippen molar-refractivity contribution >= 4 is 29.1 Å². The number of carbonyl (C=O) groups excluding carboxylic acids is 2. The summed E-state index contributed by atoms with van der Waals surface area (Å²) >= 11 is 6.09. The van der Waals surface area contributed by atoms with Gasteiger partial charge in [-0.15, -0.1) is 0 Å². The van der Waals surface area contributed by atoms with Crippen LogP contribution in [-0.2, 0) is 4.79 Å². The Bertz CT molecular complexity index is 555. The number of anilines is 1. The second kappa shape index (κ2) is 4.98. The maximum atomic E-state index is 12.6. The summed E-state index contributed by atoms with van der Waals surface area (Å²) in [5.74, 6) is 0.0476. The van der Waals surface area contributed by atoms with Crippen molar-refractivity contribution in [1.29, 1.82) is 0 Å². The van der Waals surface area contributed by atoms with Gasteiger partial charge in [0.2, 0.25) is 5.91 Å². The maximum Gasteiger partial charge on any atom is 0.257 e. The van der Waals surface area contributed by atoms with Gasteiger partial charge in [0.15, 0.2) is 0 Å². The van der Waals surface area contributed by atoms with Gasteiger partial charge in [0.1, 0.15) is 0 Å². The Labute approximate surface area is 122 Å². The van der Waals surface area contributed by atoms with Crippen molar-refractivity contribution in [1.82, 2.24) is 9.80 Å². The van der Waals surface area contributed by atoms with Crippen LogP contribution in [0.3, 0.4) is 0 Å². The van der Waals surface area contributed by atoms with Crippen molar-refractivity contribution < 1.29 is 9.59 Å². The summed E-state index contributed by atoms with van der Waals surface area (Å²) in [6.07, 6.45) is 1.40. The fourth-order valence-corrected chi connectivity index (χ4v) is 3.24. The van der Waals surface area contributed by atoms with Crippen molar-refractivity contribution in [2.24, 2.45) is 0 Å². The lowest BCUT2D eigenvalue weighted by molar-refractivity contribution is -0.130. The van der Waals surface area contributed by atoms with E-state index in [1.165, 1.54) is 0 Å². The minimum absolute atomic E-state index is 0.143. The first-order valence-corrected chi connectivity index (χ1v) is 7.08. The standard InChI is InChI=1S/C14H16ClN3O2/c15-10-2-1-3-11(16)13(10)14(20)17-6-7-18-9(8-17)4-5-12(18)19/h1-3,9H,4-8,16H2. The molecule has 1 aromatic carbocycles. The molecule has 6 heteroatoms. The molecule has 0 aliphatic carbocycles. The average molecular weight is 294 g/mol. The Morgan fingerprint density at radius 2 is 2.15 bits per heavy atom. The highest BCUT2D eigenvalue weighted by atomic mass is 35.5. The van der Waals surface area contributed by atoms with Crippen LogP contribution in [0.2, 0.25) is 5.02 Å². The van der Waals surface area contributed by atoms with Gasteiger partial charge in [-0.3, -0.25) is 9.59 Å². The van der Waals surface area contributed by atoms with E-state index in [1.807, 2.05) is 4.90 Å². The molecular formula is C14H16ClN3O2. The zero-order valence-electron chi connectivity index (χ0n) is 11.0. The molecule has 2 amide bonds. The maximum absolute atomic E-state index is 12.6. The number of nitrogen functional groups attached to an aromatic ring is 1. The number of fused-ring (bicyclic) bond motifs is 1. The molecule has 5 nitrogen and oxygen atoms in total. The lowest BCUT2D eigenvalue weighted by Crippen LogP contribution is -2.53. The van der Waals surface area contributed by atoms with E-state index in [0.717, 1.165) is 6.42 Å². The Kier molecular flexibility index (Phi) is 3.30. The summed E-state index contributed by atoms with van der Waals surface area (Å²) in [6, 6.07) is 5.21. The van der Waals surface area contributed by atoms with Crippen LogP contribution in [0.1, 0.15) is 23.2 Å². The highest BCUT2D eigenvalue weighted by Crippen LogP contribution is 2.27. The zero-order chi connectivity index (χ0) is 14.3. The number of halogens is 1. The summed E-state index contributed by atoms with van der Waals surface area (Å²) in [5, 5.41) is 0.375. The van der Waals surface area contributed by atoms with Gasteiger partial charge >= 0.3 is 0 Å². The first-order valence-electron chi connectivity index (χ1n) is 6.70. The molecule has 2 aliphatic heterocycles. The van der Waals surface area contributed by atoms with Crippen LogP contribution in [0.15, 0.2) is 18.2 Å². The highest BCUT2D eigenvalue weighted by molar-refractivity contribution is 6.34. The first kappa shape index (κ1) is 13.2. The van der Waals surface area contributed by atoms with Crippen LogP contribution in [0, 0.1) is 0 Å². The molecule has 1 unspecified atom stereocenters. The third kappa shape index (κ3) is 2.12.